The molecule has 1 saturated heterocycles. The lowest BCUT2D eigenvalue weighted by Crippen LogP contribution is -2.42. The molecule has 0 aliphatic carbocycles. The molecular formula is C12H16F3N3. The van der Waals surface area contributed by atoms with E-state index in [-0.39, 0.29) is 13.0 Å². The lowest BCUT2D eigenvalue weighted by atomic mass is 9.97. The van der Waals surface area contributed by atoms with E-state index >= 15 is 0 Å². The first-order valence-corrected chi connectivity index (χ1v) is 5.92. The van der Waals surface area contributed by atoms with Gasteiger partial charge in [0.1, 0.15) is 0 Å². The molecular weight excluding hydrogens is 243 g/mol. The van der Waals surface area contributed by atoms with Gasteiger partial charge < -0.3 is 10.6 Å². The van der Waals surface area contributed by atoms with Crippen molar-refractivity contribution in [3.8, 4) is 0 Å². The van der Waals surface area contributed by atoms with E-state index in [1.807, 2.05) is 0 Å². The largest absolute Gasteiger partial charge is 0.396 e. The van der Waals surface area contributed by atoms with Gasteiger partial charge in [0.2, 0.25) is 0 Å². The Bertz CT molecular complexity index is 431. The second kappa shape index (κ2) is 4.66. The lowest BCUT2D eigenvalue weighted by Gasteiger charge is -2.35. The SMILES string of the molecule is Cc1ccc(N)c(N2CCCC(C(F)(F)F)C2)n1. The number of nitrogens with zero attached hydrogens (tertiary/aromatic N) is 2. The number of nitrogen functional groups attached to an aromatic ring is 1. The molecule has 1 fully saturated rings. The fourth-order valence-electron chi connectivity index (χ4n) is 2.24. The van der Waals surface area contributed by atoms with Gasteiger partial charge in [0, 0.05) is 18.8 Å². The number of aromatic nitrogens is 1. The summed E-state index contributed by atoms with van der Waals surface area (Å²) in [7, 11) is 0. The zero-order valence-electron chi connectivity index (χ0n) is 10.2. The molecule has 1 unspecified atom stereocenters. The Morgan fingerprint density at radius 3 is 2.78 bits per heavy atom. The molecule has 2 heterocycles. The predicted molar refractivity (Wildman–Crippen MR) is 64.4 cm³/mol. The minimum Gasteiger partial charge on any atom is -0.396 e. The molecule has 1 aromatic heterocycles. The van der Waals surface area contributed by atoms with E-state index in [9.17, 15) is 13.2 Å². The number of aryl methyl sites for hydroxylation is 1. The highest BCUT2D eigenvalue weighted by Crippen LogP contribution is 2.35. The van der Waals surface area contributed by atoms with E-state index in [4.69, 9.17) is 5.73 Å². The minimum atomic E-state index is -4.14. The van der Waals surface area contributed by atoms with Crippen LogP contribution in [0.25, 0.3) is 0 Å². The molecule has 0 spiro atoms. The Labute approximate surface area is 104 Å². The van der Waals surface area contributed by atoms with Crippen molar-refractivity contribution in [1.29, 1.82) is 0 Å². The number of rotatable bonds is 1. The quantitative estimate of drug-likeness (QED) is 0.843. The van der Waals surface area contributed by atoms with Crippen molar-refractivity contribution >= 4 is 11.5 Å². The molecule has 18 heavy (non-hydrogen) atoms. The van der Waals surface area contributed by atoms with Gasteiger partial charge >= 0.3 is 6.18 Å². The van der Waals surface area contributed by atoms with Crippen LogP contribution in [-0.4, -0.2) is 24.2 Å². The Hall–Kier alpha value is -1.46. The number of pyridine rings is 1. The van der Waals surface area contributed by atoms with Gasteiger partial charge in [0.15, 0.2) is 5.82 Å². The third-order valence-electron chi connectivity index (χ3n) is 3.23. The fraction of sp³-hybridized carbons (Fsp3) is 0.583. The number of hydrogen-bond donors (Lipinski definition) is 1. The predicted octanol–water partition coefficient (Wildman–Crippen LogP) is 2.75. The van der Waals surface area contributed by atoms with Crippen LogP contribution in [0.1, 0.15) is 18.5 Å². The standard InChI is InChI=1S/C12H16F3N3/c1-8-4-5-10(16)11(17-8)18-6-2-3-9(7-18)12(13,14)15/h4-5,9H,2-3,6-7,16H2,1H3. The molecule has 2 rings (SSSR count). The molecule has 1 aromatic rings. The van der Waals surface area contributed by atoms with Crippen molar-refractivity contribution in [1.82, 2.24) is 4.98 Å². The molecule has 6 heteroatoms. The van der Waals surface area contributed by atoms with Gasteiger partial charge in [-0.2, -0.15) is 13.2 Å². The van der Waals surface area contributed by atoms with Crippen LogP contribution in [0.3, 0.4) is 0 Å². The fourth-order valence-corrected chi connectivity index (χ4v) is 2.24. The Balaban J connectivity index is 2.21. The van der Waals surface area contributed by atoms with E-state index in [0.717, 1.165) is 5.69 Å². The van der Waals surface area contributed by atoms with Crippen LogP contribution >= 0.6 is 0 Å². The molecule has 0 saturated carbocycles. The molecule has 0 aromatic carbocycles. The number of halogens is 3. The molecule has 2 N–H and O–H groups in total. The van der Waals surface area contributed by atoms with Crippen molar-refractivity contribution in [2.24, 2.45) is 5.92 Å². The summed E-state index contributed by atoms with van der Waals surface area (Å²) >= 11 is 0. The number of hydrogen-bond acceptors (Lipinski definition) is 3. The molecule has 1 atom stereocenters. The molecule has 1 aliphatic heterocycles. The summed E-state index contributed by atoms with van der Waals surface area (Å²) in [5.74, 6) is -0.808. The van der Waals surface area contributed by atoms with Crippen LogP contribution < -0.4 is 10.6 Å². The maximum Gasteiger partial charge on any atom is 0.393 e. The normalized spacial score (nSPS) is 21.1. The summed E-state index contributed by atoms with van der Waals surface area (Å²) in [5.41, 5.74) is 6.98. The van der Waals surface area contributed by atoms with Crippen LogP contribution in [0.5, 0.6) is 0 Å². The molecule has 0 amide bonds. The number of alkyl halides is 3. The van der Waals surface area contributed by atoms with Crippen LogP contribution in [0.2, 0.25) is 0 Å². The second-order valence-electron chi connectivity index (χ2n) is 4.69. The molecule has 0 bridgehead atoms. The van der Waals surface area contributed by atoms with Gasteiger partial charge in [-0.25, -0.2) is 4.98 Å². The van der Waals surface area contributed by atoms with Crippen molar-refractivity contribution in [3.63, 3.8) is 0 Å². The Morgan fingerprint density at radius 1 is 1.39 bits per heavy atom. The third kappa shape index (κ3) is 2.68. The summed E-state index contributed by atoms with van der Waals surface area (Å²) in [4.78, 5) is 5.89. The summed E-state index contributed by atoms with van der Waals surface area (Å²) in [6, 6.07) is 3.44. The van der Waals surface area contributed by atoms with Crippen LogP contribution in [0.4, 0.5) is 24.7 Å². The monoisotopic (exact) mass is 259 g/mol. The van der Waals surface area contributed by atoms with Crippen molar-refractivity contribution < 1.29 is 13.2 Å². The average molecular weight is 259 g/mol. The van der Waals surface area contributed by atoms with Crippen LogP contribution in [0, 0.1) is 12.8 Å². The van der Waals surface area contributed by atoms with E-state index in [0.29, 0.717) is 24.5 Å². The van der Waals surface area contributed by atoms with E-state index in [1.54, 1.807) is 24.0 Å². The first-order valence-electron chi connectivity index (χ1n) is 5.92. The zero-order valence-corrected chi connectivity index (χ0v) is 10.2. The highest BCUT2D eigenvalue weighted by Gasteiger charge is 2.42. The Morgan fingerprint density at radius 2 is 2.11 bits per heavy atom. The van der Waals surface area contributed by atoms with Gasteiger partial charge in [-0.15, -0.1) is 0 Å². The van der Waals surface area contributed by atoms with Gasteiger partial charge in [0.05, 0.1) is 11.6 Å². The maximum absolute atomic E-state index is 12.7. The van der Waals surface area contributed by atoms with Crippen molar-refractivity contribution in [2.45, 2.75) is 25.9 Å². The summed E-state index contributed by atoms with van der Waals surface area (Å²) in [6.07, 6.45) is -3.44. The lowest BCUT2D eigenvalue weighted by molar-refractivity contribution is -0.176. The number of piperidine rings is 1. The number of anilines is 2. The average Bonchev–Trinajstić information content (AvgIpc) is 2.31. The molecule has 100 valence electrons. The van der Waals surface area contributed by atoms with Crippen molar-refractivity contribution in [2.75, 3.05) is 23.7 Å². The maximum atomic E-state index is 12.7. The topological polar surface area (TPSA) is 42.1 Å². The van der Waals surface area contributed by atoms with Gasteiger partial charge in [-0.05, 0) is 31.9 Å². The Kier molecular flexibility index (Phi) is 3.36. The smallest absolute Gasteiger partial charge is 0.393 e. The molecule has 1 aliphatic rings. The van der Waals surface area contributed by atoms with E-state index < -0.39 is 12.1 Å². The van der Waals surface area contributed by atoms with Crippen molar-refractivity contribution in [3.05, 3.63) is 17.8 Å². The first-order chi connectivity index (χ1) is 8.38. The van der Waals surface area contributed by atoms with Crippen LogP contribution in [0.15, 0.2) is 12.1 Å². The number of nitrogens with two attached hydrogens (primary N) is 1. The van der Waals surface area contributed by atoms with E-state index in [1.165, 1.54) is 0 Å². The third-order valence-corrected chi connectivity index (χ3v) is 3.23. The van der Waals surface area contributed by atoms with Crippen LogP contribution in [-0.2, 0) is 0 Å². The molecule has 3 nitrogen and oxygen atoms in total. The summed E-state index contributed by atoms with van der Waals surface area (Å²) in [6.45, 7) is 2.32. The van der Waals surface area contributed by atoms with Gasteiger partial charge in [-0.1, -0.05) is 0 Å². The first kappa shape index (κ1) is 13.0. The summed E-state index contributed by atoms with van der Waals surface area (Å²) in [5, 5.41) is 0. The highest BCUT2D eigenvalue weighted by atomic mass is 19.4. The van der Waals surface area contributed by atoms with Gasteiger partial charge in [-0.3, -0.25) is 0 Å². The zero-order chi connectivity index (χ0) is 13.3. The summed E-state index contributed by atoms with van der Waals surface area (Å²) < 4.78 is 38.2. The molecule has 0 radical (unpaired) electrons. The van der Waals surface area contributed by atoms with E-state index in [2.05, 4.69) is 4.98 Å². The highest BCUT2D eigenvalue weighted by molar-refractivity contribution is 5.63. The van der Waals surface area contributed by atoms with Gasteiger partial charge in [0.25, 0.3) is 0 Å². The minimum absolute atomic E-state index is 0.0514. The second-order valence-corrected chi connectivity index (χ2v) is 4.69.